The first-order chi connectivity index (χ1) is 15.9. The standard InChI is InChI=1S/C32H48/c1-2-24-22-23-30(29-21-13-12-20-28(29)25-14-6-3-7-15-25)32(27-18-10-5-11-19-27)31(24)26-16-8-4-9-17-26/h2,22-23,25-29H,1,3-21H2. The quantitative estimate of drug-likeness (QED) is 0.434. The summed E-state index contributed by atoms with van der Waals surface area (Å²) < 4.78 is 0. The van der Waals surface area contributed by atoms with Crippen LogP contribution in [-0.2, 0) is 0 Å². The molecule has 0 aromatic heterocycles. The van der Waals surface area contributed by atoms with Crippen molar-refractivity contribution in [3.05, 3.63) is 41.0 Å². The van der Waals surface area contributed by atoms with Crippen LogP contribution in [0.1, 0.15) is 162 Å². The zero-order chi connectivity index (χ0) is 21.8. The molecule has 1 aromatic carbocycles. The summed E-state index contributed by atoms with van der Waals surface area (Å²) in [6, 6.07) is 5.13. The third kappa shape index (κ3) is 4.76. The molecule has 5 rings (SSSR count). The molecule has 0 aliphatic heterocycles. The number of rotatable bonds is 5. The highest BCUT2D eigenvalue weighted by molar-refractivity contribution is 5.59. The third-order valence-electron chi connectivity index (χ3n) is 10.1. The minimum absolute atomic E-state index is 0.797. The van der Waals surface area contributed by atoms with Crippen LogP contribution in [0.5, 0.6) is 0 Å². The second-order valence-electron chi connectivity index (χ2n) is 11.9. The number of benzene rings is 1. The van der Waals surface area contributed by atoms with Crippen LogP contribution >= 0.6 is 0 Å². The van der Waals surface area contributed by atoms with E-state index in [1.807, 2.05) is 11.1 Å². The molecule has 0 heteroatoms. The summed E-state index contributed by atoms with van der Waals surface area (Å²) in [5.41, 5.74) is 6.99. The summed E-state index contributed by atoms with van der Waals surface area (Å²) in [5, 5.41) is 0. The van der Waals surface area contributed by atoms with Gasteiger partial charge in [0, 0.05) is 0 Å². The molecule has 176 valence electrons. The maximum absolute atomic E-state index is 4.30. The van der Waals surface area contributed by atoms with Crippen LogP contribution in [-0.4, -0.2) is 0 Å². The molecule has 4 aliphatic rings. The van der Waals surface area contributed by atoms with Gasteiger partial charge in [-0.2, -0.15) is 0 Å². The molecule has 0 saturated heterocycles. The Labute approximate surface area is 198 Å². The fourth-order valence-electron chi connectivity index (χ4n) is 8.54. The van der Waals surface area contributed by atoms with Crippen LogP contribution in [0, 0.1) is 11.8 Å². The Balaban J connectivity index is 1.59. The third-order valence-corrected chi connectivity index (χ3v) is 10.1. The normalized spacial score (nSPS) is 29.1. The fraction of sp³-hybridized carbons (Fsp3) is 0.750. The van der Waals surface area contributed by atoms with Gasteiger partial charge in [0.15, 0.2) is 0 Å². The van der Waals surface area contributed by atoms with E-state index in [1.54, 1.807) is 5.56 Å². The first-order valence-corrected chi connectivity index (χ1v) is 14.7. The van der Waals surface area contributed by atoms with Crippen molar-refractivity contribution < 1.29 is 0 Å². The molecule has 0 heterocycles. The molecule has 4 aliphatic carbocycles. The summed E-state index contributed by atoms with van der Waals surface area (Å²) in [6.45, 7) is 4.30. The first kappa shape index (κ1) is 22.7. The highest BCUT2D eigenvalue weighted by Gasteiger charge is 2.37. The monoisotopic (exact) mass is 432 g/mol. The van der Waals surface area contributed by atoms with Gasteiger partial charge in [-0.15, -0.1) is 0 Å². The van der Waals surface area contributed by atoms with Crippen LogP contribution in [0.3, 0.4) is 0 Å². The minimum Gasteiger partial charge on any atom is -0.0985 e. The maximum atomic E-state index is 4.30. The average molecular weight is 433 g/mol. The minimum atomic E-state index is 0.797. The van der Waals surface area contributed by atoms with Crippen molar-refractivity contribution in [2.75, 3.05) is 0 Å². The van der Waals surface area contributed by atoms with Crippen LogP contribution in [0.2, 0.25) is 0 Å². The van der Waals surface area contributed by atoms with Gasteiger partial charge in [0.05, 0.1) is 0 Å². The van der Waals surface area contributed by atoms with E-state index < -0.39 is 0 Å². The molecule has 0 nitrogen and oxygen atoms in total. The molecular weight excluding hydrogens is 384 g/mol. The van der Waals surface area contributed by atoms with Gasteiger partial charge in [-0.3, -0.25) is 0 Å². The van der Waals surface area contributed by atoms with Gasteiger partial charge in [0.2, 0.25) is 0 Å². The summed E-state index contributed by atoms with van der Waals surface area (Å²) in [7, 11) is 0. The maximum Gasteiger partial charge on any atom is -0.0128 e. The summed E-state index contributed by atoms with van der Waals surface area (Å²) in [5.74, 6) is 4.42. The lowest BCUT2D eigenvalue weighted by Crippen LogP contribution is -2.29. The Kier molecular flexibility index (Phi) is 7.76. The Bertz CT molecular complexity index is 740. The zero-order valence-electron chi connectivity index (χ0n) is 20.8. The van der Waals surface area contributed by atoms with Crippen LogP contribution in [0.4, 0.5) is 0 Å². The highest BCUT2D eigenvalue weighted by atomic mass is 14.4. The topological polar surface area (TPSA) is 0 Å². The Morgan fingerprint density at radius 1 is 0.562 bits per heavy atom. The Hall–Kier alpha value is -1.04. The van der Waals surface area contributed by atoms with Gasteiger partial charge in [-0.1, -0.05) is 108 Å². The van der Waals surface area contributed by atoms with Crippen molar-refractivity contribution in [3.63, 3.8) is 0 Å². The van der Waals surface area contributed by atoms with Crippen LogP contribution in [0.25, 0.3) is 6.08 Å². The van der Waals surface area contributed by atoms with Gasteiger partial charge in [-0.25, -0.2) is 0 Å². The molecule has 32 heavy (non-hydrogen) atoms. The van der Waals surface area contributed by atoms with E-state index >= 15 is 0 Å². The molecule has 0 bridgehead atoms. The van der Waals surface area contributed by atoms with Crippen molar-refractivity contribution in [2.24, 2.45) is 11.8 Å². The van der Waals surface area contributed by atoms with Crippen LogP contribution in [0.15, 0.2) is 18.7 Å². The first-order valence-electron chi connectivity index (χ1n) is 14.7. The SMILES string of the molecule is C=Cc1ccc(C2CCCCC2C2CCCCC2)c(C2CCCCC2)c1C1CCCCC1. The summed E-state index contributed by atoms with van der Waals surface area (Å²) >= 11 is 0. The van der Waals surface area contributed by atoms with E-state index in [0.717, 1.165) is 29.6 Å². The molecule has 0 radical (unpaired) electrons. The molecule has 4 fully saturated rings. The molecule has 2 atom stereocenters. The highest BCUT2D eigenvalue weighted by Crippen LogP contribution is 2.51. The van der Waals surface area contributed by atoms with Gasteiger partial charge in [-0.05, 0) is 90.4 Å². The zero-order valence-corrected chi connectivity index (χ0v) is 20.8. The largest absolute Gasteiger partial charge is 0.0985 e. The van der Waals surface area contributed by atoms with E-state index in [4.69, 9.17) is 0 Å². The predicted molar refractivity (Wildman–Crippen MR) is 139 cm³/mol. The van der Waals surface area contributed by atoms with Gasteiger partial charge < -0.3 is 0 Å². The van der Waals surface area contributed by atoms with Crippen molar-refractivity contribution >= 4 is 6.08 Å². The van der Waals surface area contributed by atoms with Crippen molar-refractivity contribution in [1.29, 1.82) is 0 Å². The van der Waals surface area contributed by atoms with Crippen molar-refractivity contribution in [1.82, 2.24) is 0 Å². The average Bonchev–Trinajstić information content (AvgIpc) is 2.89. The van der Waals surface area contributed by atoms with E-state index in [1.165, 1.54) is 128 Å². The second-order valence-corrected chi connectivity index (χ2v) is 11.9. The van der Waals surface area contributed by atoms with E-state index in [0.29, 0.717) is 0 Å². The lowest BCUT2D eigenvalue weighted by molar-refractivity contribution is 0.168. The molecule has 0 N–H and O–H groups in total. The van der Waals surface area contributed by atoms with Crippen molar-refractivity contribution in [2.45, 2.75) is 140 Å². The fourth-order valence-corrected chi connectivity index (χ4v) is 8.54. The molecule has 0 spiro atoms. The predicted octanol–water partition coefficient (Wildman–Crippen LogP) is 10.3. The lowest BCUT2D eigenvalue weighted by atomic mass is 9.63. The van der Waals surface area contributed by atoms with E-state index in [2.05, 4.69) is 24.8 Å². The van der Waals surface area contributed by atoms with Gasteiger partial charge in [0.1, 0.15) is 0 Å². The number of hydrogen-bond acceptors (Lipinski definition) is 0. The summed E-state index contributed by atoms with van der Waals surface area (Å²) in [6.07, 6.45) is 30.0. The number of hydrogen-bond donors (Lipinski definition) is 0. The molecule has 4 saturated carbocycles. The van der Waals surface area contributed by atoms with Crippen molar-refractivity contribution in [3.8, 4) is 0 Å². The molecule has 1 aromatic rings. The van der Waals surface area contributed by atoms with Gasteiger partial charge >= 0.3 is 0 Å². The van der Waals surface area contributed by atoms with E-state index in [9.17, 15) is 0 Å². The van der Waals surface area contributed by atoms with E-state index in [-0.39, 0.29) is 0 Å². The molecule has 2 unspecified atom stereocenters. The lowest BCUT2D eigenvalue weighted by Gasteiger charge is -2.42. The summed E-state index contributed by atoms with van der Waals surface area (Å²) in [4.78, 5) is 0. The van der Waals surface area contributed by atoms with Gasteiger partial charge in [0.25, 0.3) is 0 Å². The molecular formula is C32H48. The smallest absolute Gasteiger partial charge is 0.0128 e. The second kappa shape index (κ2) is 10.9. The Morgan fingerprint density at radius 3 is 1.72 bits per heavy atom. The Morgan fingerprint density at radius 2 is 1.09 bits per heavy atom. The molecule has 0 amide bonds. The van der Waals surface area contributed by atoms with Crippen LogP contribution < -0.4 is 0 Å².